The molecule has 0 aromatic carbocycles. The second-order valence-corrected chi connectivity index (χ2v) is 4.10. The fourth-order valence-corrected chi connectivity index (χ4v) is 2.24. The summed E-state index contributed by atoms with van der Waals surface area (Å²) in [6.07, 6.45) is 4.69. The zero-order valence-corrected chi connectivity index (χ0v) is 8.50. The van der Waals surface area contributed by atoms with E-state index in [-0.39, 0.29) is 18.5 Å². The Morgan fingerprint density at radius 3 is 2.86 bits per heavy atom. The van der Waals surface area contributed by atoms with Crippen LogP contribution in [-0.4, -0.2) is 43.3 Å². The van der Waals surface area contributed by atoms with Crippen molar-refractivity contribution < 1.29 is 14.6 Å². The minimum absolute atomic E-state index is 0.166. The second kappa shape index (κ2) is 4.57. The quantitative estimate of drug-likeness (QED) is 0.640. The molecule has 0 aromatic heterocycles. The maximum absolute atomic E-state index is 8.61. The summed E-state index contributed by atoms with van der Waals surface area (Å²) in [4.78, 5) is 0. The summed E-state index contributed by atoms with van der Waals surface area (Å²) in [5.74, 6) is -0.244. The van der Waals surface area contributed by atoms with E-state index in [1.807, 2.05) is 0 Å². The summed E-state index contributed by atoms with van der Waals surface area (Å²) in [5.41, 5.74) is 0. The van der Waals surface area contributed by atoms with Crippen molar-refractivity contribution in [3.8, 4) is 0 Å². The monoisotopic (exact) mass is 201 g/mol. The van der Waals surface area contributed by atoms with Gasteiger partial charge in [0.05, 0.1) is 19.3 Å². The van der Waals surface area contributed by atoms with Gasteiger partial charge >= 0.3 is 0 Å². The molecular formula is C10H19NO3. The lowest BCUT2D eigenvalue weighted by atomic mass is 10.2. The number of hydrogen-bond donors (Lipinski definition) is 2. The molecule has 4 nitrogen and oxygen atoms in total. The first-order valence-corrected chi connectivity index (χ1v) is 5.48. The molecule has 0 radical (unpaired) electrons. The van der Waals surface area contributed by atoms with Gasteiger partial charge in [-0.15, -0.1) is 0 Å². The highest BCUT2D eigenvalue weighted by Gasteiger charge is 2.43. The van der Waals surface area contributed by atoms with Crippen LogP contribution < -0.4 is 5.32 Å². The van der Waals surface area contributed by atoms with E-state index in [0.29, 0.717) is 13.2 Å². The second-order valence-electron chi connectivity index (χ2n) is 4.10. The summed E-state index contributed by atoms with van der Waals surface area (Å²) in [7, 11) is 0. The van der Waals surface area contributed by atoms with Crippen molar-refractivity contribution >= 4 is 0 Å². The lowest BCUT2D eigenvalue weighted by Gasteiger charge is -2.21. The lowest BCUT2D eigenvalue weighted by Crippen LogP contribution is -2.33. The molecule has 1 atom stereocenters. The molecule has 2 N–H and O–H groups in total. The molecule has 2 aliphatic rings. The van der Waals surface area contributed by atoms with Gasteiger partial charge in [-0.2, -0.15) is 0 Å². The predicted octanol–water partition coefficient (Wildman–Crippen LogP) is 0.254. The molecule has 1 saturated heterocycles. The topological polar surface area (TPSA) is 50.7 Å². The Kier molecular flexibility index (Phi) is 3.38. The maximum Gasteiger partial charge on any atom is 0.168 e. The van der Waals surface area contributed by atoms with Crippen LogP contribution in [-0.2, 0) is 9.47 Å². The van der Waals surface area contributed by atoms with Crippen molar-refractivity contribution in [3.63, 3.8) is 0 Å². The van der Waals surface area contributed by atoms with Crippen molar-refractivity contribution in [2.24, 2.45) is 0 Å². The number of aliphatic hydroxyl groups is 1. The number of aliphatic hydroxyl groups excluding tert-OH is 1. The van der Waals surface area contributed by atoms with Gasteiger partial charge in [0.15, 0.2) is 5.79 Å². The van der Waals surface area contributed by atoms with Crippen LogP contribution >= 0.6 is 0 Å². The molecule has 0 bridgehead atoms. The zero-order valence-electron chi connectivity index (χ0n) is 8.50. The van der Waals surface area contributed by atoms with Gasteiger partial charge in [0.2, 0.25) is 0 Å². The summed E-state index contributed by atoms with van der Waals surface area (Å²) >= 11 is 0. The average molecular weight is 201 g/mol. The van der Waals surface area contributed by atoms with Gasteiger partial charge in [0, 0.05) is 25.9 Å². The molecule has 82 valence electrons. The number of nitrogens with one attached hydrogen (secondary N) is 1. The molecule has 1 aliphatic carbocycles. The fraction of sp³-hybridized carbons (Fsp3) is 1.00. The molecule has 4 heteroatoms. The Labute approximate surface area is 84.6 Å². The average Bonchev–Trinajstić information content (AvgIpc) is 2.79. The molecule has 2 fully saturated rings. The van der Waals surface area contributed by atoms with Gasteiger partial charge < -0.3 is 19.9 Å². The minimum Gasteiger partial charge on any atom is -0.395 e. The summed E-state index contributed by atoms with van der Waals surface area (Å²) in [6.45, 7) is 2.28. The molecule has 0 unspecified atom stereocenters. The van der Waals surface area contributed by atoms with Crippen molar-refractivity contribution in [2.45, 2.75) is 37.6 Å². The molecule has 14 heavy (non-hydrogen) atoms. The van der Waals surface area contributed by atoms with Gasteiger partial charge in [0.1, 0.15) is 0 Å². The zero-order chi connectivity index (χ0) is 9.86. The van der Waals surface area contributed by atoms with E-state index in [2.05, 4.69) is 5.32 Å². The summed E-state index contributed by atoms with van der Waals surface area (Å²) < 4.78 is 11.6. The van der Waals surface area contributed by atoms with Gasteiger partial charge in [-0.25, -0.2) is 0 Å². The third-order valence-electron chi connectivity index (χ3n) is 2.94. The van der Waals surface area contributed by atoms with E-state index >= 15 is 0 Å². The molecular weight excluding hydrogens is 182 g/mol. The summed E-state index contributed by atoms with van der Waals surface area (Å²) in [6, 6.07) is 0. The Bertz CT molecular complexity index is 180. The fourth-order valence-electron chi connectivity index (χ4n) is 2.24. The molecule has 2 rings (SSSR count). The predicted molar refractivity (Wildman–Crippen MR) is 52.0 cm³/mol. The van der Waals surface area contributed by atoms with Gasteiger partial charge in [0.25, 0.3) is 0 Å². The standard InChI is InChI=1S/C10H19NO3/c12-6-5-11-7-9-8-13-10(14-9)3-1-2-4-10/h9,11-12H,1-8H2/t9-/m1/s1. The molecule has 0 aromatic rings. The molecule has 1 heterocycles. The highest BCUT2D eigenvalue weighted by molar-refractivity contribution is 4.84. The van der Waals surface area contributed by atoms with E-state index in [1.165, 1.54) is 12.8 Å². The first kappa shape index (κ1) is 10.4. The first-order chi connectivity index (χ1) is 6.85. The number of rotatable bonds is 4. The van der Waals surface area contributed by atoms with Crippen molar-refractivity contribution in [2.75, 3.05) is 26.3 Å². The summed E-state index contributed by atoms with van der Waals surface area (Å²) in [5, 5.41) is 11.7. The van der Waals surface area contributed by atoms with Crippen LogP contribution in [0.2, 0.25) is 0 Å². The van der Waals surface area contributed by atoms with Crippen molar-refractivity contribution in [1.29, 1.82) is 0 Å². The van der Waals surface area contributed by atoms with E-state index in [9.17, 15) is 0 Å². The van der Waals surface area contributed by atoms with Gasteiger partial charge in [-0.1, -0.05) is 0 Å². The van der Waals surface area contributed by atoms with Crippen LogP contribution in [0.15, 0.2) is 0 Å². The Balaban J connectivity index is 1.71. The first-order valence-electron chi connectivity index (χ1n) is 5.48. The normalized spacial score (nSPS) is 30.2. The number of ether oxygens (including phenoxy) is 2. The Morgan fingerprint density at radius 2 is 2.14 bits per heavy atom. The van der Waals surface area contributed by atoms with Crippen LogP contribution in [0.3, 0.4) is 0 Å². The lowest BCUT2D eigenvalue weighted by molar-refractivity contribution is -0.161. The van der Waals surface area contributed by atoms with Crippen LogP contribution in [0.25, 0.3) is 0 Å². The van der Waals surface area contributed by atoms with E-state index in [0.717, 1.165) is 19.4 Å². The van der Waals surface area contributed by atoms with E-state index in [4.69, 9.17) is 14.6 Å². The Hall–Kier alpha value is -0.160. The maximum atomic E-state index is 8.61. The highest BCUT2D eigenvalue weighted by atomic mass is 16.7. The minimum atomic E-state index is -0.244. The molecule has 0 amide bonds. The molecule has 1 spiro atoms. The molecule has 1 aliphatic heterocycles. The number of hydrogen-bond acceptors (Lipinski definition) is 4. The van der Waals surface area contributed by atoms with Crippen molar-refractivity contribution in [1.82, 2.24) is 5.32 Å². The Morgan fingerprint density at radius 1 is 1.36 bits per heavy atom. The smallest absolute Gasteiger partial charge is 0.168 e. The SMILES string of the molecule is OCCNC[C@@H]1COC2(CCCC2)O1. The van der Waals surface area contributed by atoms with Crippen LogP contribution in [0.1, 0.15) is 25.7 Å². The van der Waals surface area contributed by atoms with Crippen molar-refractivity contribution in [3.05, 3.63) is 0 Å². The van der Waals surface area contributed by atoms with Crippen LogP contribution in [0.5, 0.6) is 0 Å². The van der Waals surface area contributed by atoms with Gasteiger partial charge in [-0.3, -0.25) is 0 Å². The van der Waals surface area contributed by atoms with E-state index < -0.39 is 0 Å². The van der Waals surface area contributed by atoms with E-state index in [1.54, 1.807) is 0 Å². The van der Waals surface area contributed by atoms with Crippen LogP contribution in [0, 0.1) is 0 Å². The highest BCUT2D eigenvalue weighted by Crippen LogP contribution is 2.38. The largest absolute Gasteiger partial charge is 0.395 e. The molecule has 1 saturated carbocycles. The third-order valence-corrected chi connectivity index (χ3v) is 2.94. The van der Waals surface area contributed by atoms with Gasteiger partial charge in [-0.05, 0) is 12.8 Å². The third kappa shape index (κ3) is 2.25. The van der Waals surface area contributed by atoms with Crippen LogP contribution in [0.4, 0.5) is 0 Å².